The molecule has 40 heavy (non-hydrogen) atoms. The summed E-state index contributed by atoms with van der Waals surface area (Å²) in [6.45, 7) is 3.64. The molecule has 2 aliphatic carbocycles. The highest BCUT2D eigenvalue weighted by molar-refractivity contribution is 6.43. The molecule has 2 aliphatic rings. The highest BCUT2D eigenvalue weighted by Gasteiger charge is 2.48. The Morgan fingerprint density at radius 1 is 1.20 bits per heavy atom. The molecule has 13 heteroatoms. The van der Waals surface area contributed by atoms with Crippen molar-refractivity contribution in [3.05, 3.63) is 48.3 Å². The zero-order valence-electron chi connectivity index (χ0n) is 22.6. The fourth-order valence-corrected chi connectivity index (χ4v) is 4.98. The molecule has 2 saturated carbocycles. The van der Waals surface area contributed by atoms with Crippen molar-refractivity contribution in [3.63, 3.8) is 0 Å². The number of amides is 2. The lowest BCUT2D eigenvalue weighted by Gasteiger charge is -2.27. The van der Waals surface area contributed by atoms with Crippen LogP contribution in [0.3, 0.4) is 0 Å². The number of ether oxygens (including phenoxy) is 1. The number of hydrogen-bond acceptors (Lipinski definition) is 7. The second-order valence-corrected chi connectivity index (χ2v) is 10.4. The van der Waals surface area contributed by atoms with Crippen LogP contribution in [0, 0.1) is 23.6 Å². The van der Waals surface area contributed by atoms with Crippen LogP contribution in [0.15, 0.2) is 41.9 Å². The van der Waals surface area contributed by atoms with Gasteiger partial charge in [-0.05, 0) is 75.6 Å². The van der Waals surface area contributed by atoms with Crippen molar-refractivity contribution in [1.29, 1.82) is 0 Å². The molecule has 0 bridgehead atoms. The molecule has 2 unspecified atom stereocenters. The Kier molecular flexibility index (Phi) is 9.10. The first-order chi connectivity index (χ1) is 19.1. The van der Waals surface area contributed by atoms with Crippen LogP contribution in [-0.2, 0) is 9.59 Å². The lowest BCUT2D eigenvalue weighted by molar-refractivity contribution is -0.124. The van der Waals surface area contributed by atoms with Gasteiger partial charge in [0.1, 0.15) is 23.6 Å². The second kappa shape index (κ2) is 12.5. The molecule has 2 amide bonds. The minimum absolute atomic E-state index is 0.0717. The molecule has 2 aromatic heterocycles. The fourth-order valence-electron chi connectivity index (χ4n) is 4.98. The minimum atomic E-state index is -2.99. The maximum atomic E-state index is 14.2. The van der Waals surface area contributed by atoms with Gasteiger partial charge >= 0.3 is 0 Å². The van der Waals surface area contributed by atoms with Crippen LogP contribution < -0.4 is 21.1 Å². The predicted octanol–water partition coefficient (Wildman–Crippen LogP) is 3.46. The van der Waals surface area contributed by atoms with E-state index in [9.17, 15) is 22.8 Å². The molecule has 216 valence electrons. The lowest BCUT2D eigenvalue weighted by Crippen LogP contribution is -2.51. The number of rotatable bonds is 13. The van der Waals surface area contributed by atoms with Crippen molar-refractivity contribution >= 4 is 23.2 Å². The number of aromatic nitrogens is 3. The molecule has 10 nitrogen and oxygen atoms in total. The van der Waals surface area contributed by atoms with Gasteiger partial charge < -0.3 is 21.1 Å². The third-order valence-corrected chi connectivity index (χ3v) is 6.92. The number of halogens is 3. The second-order valence-electron chi connectivity index (χ2n) is 10.4. The number of carbonyl (C=O) groups is 2. The summed E-state index contributed by atoms with van der Waals surface area (Å²) in [5.74, 6) is -1.46. The topological polar surface area (TPSA) is 137 Å². The van der Waals surface area contributed by atoms with Gasteiger partial charge in [0, 0.05) is 17.8 Å². The number of nitrogens with zero attached hydrogens (tertiary/aromatic N) is 4. The number of aliphatic imine (C=N–C) groups is 1. The van der Waals surface area contributed by atoms with E-state index in [0.29, 0.717) is 11.8 Å². The van der Waals surface area contributed by atoms with Crippen LogP contribution in [0.5, 0.6) is 5.88 Å². The third kappa shape index (κ3) is 6.99. The fraction of sp³-hybridized carbons (Fsp3) is 0.519. The van der Waals surface area contributed by atoms with E-state index in [2.05, 4.69) is 25.7 Å². The zero-order valence-corrected chi connectivity index (χ0v) is 22.6. The van der Waals surface area contributed by atoms with Gasteiger partial charge in [0.2, 0.25) is 11.8 Å². The maximum Gasteiger partial charge on any atom is 0.270 e. The molecular formula is C27H34F3N7O3. The van der Waals surface area contributed by atoms with E-state index < -0.39 is 36.1 Å². The first-order valence-electron chi connectivity index (χ1n) is 13.2. The van der Waals surface area contributed by atoms with Crippen molar-refractivity contribution in [3.8, 4) is 5.88 Å². The number of nitrogens with one attached hydrogen (secondary N) is 2. The van der Waals surface area contributed by atoms with Crippen LogP contribution in [0.4, 0.5) is 18.9 Å². The van der Waals surface area contributed by atoms with Crippen molar-refractivity contribution in [2.24, 2.45) is 28.5 Å². The largest absolute Gasteiger partial charge is 0.481 e. The standard InChI is InChI=1S/C27H34F3N7O3/c1-14(2)34-20(8-9-31)25(38)36-22(21(15-4-5-15)16-6-7-16)26(39)35-18-12-33-37(13-18)23(24(29)30)19-10-17(28)11-32-27(19)40-3/h8-16,21-24H,4-7,31H2,1-3H3,(H,35,39)(H,36,38)/b9-8-,34-20?. The van der Waals surface area contributed by atoms with Crippen LogP contribution in [0.25, 0.3) is 0 Å². The minimum Gasteiger partial charge on any atom is -0.481 e. The molecular weight excluding hydrogens is 527 g/mol. The van der Waals surface area contributed by atoms with Gasteiger partial charge in [-0.25, -0.2) is 18.2 Å². The number of anilines is 1. The van der Waals surface area contributed by atoms with E-state index in [0.717, 1.165) is 42.6 Å². The van der Waals surface area contributed by atoms with E-state index in [1.165, 1.54) is 31.8 Å². The van der Waals surface area contributed by atoms with Crippen LogP contribution in [0.2, 0.25) is 0 Å². The lowest BCUT2D eigenvalue weighted by atomic mass is 9.88. The quantitative estimate of drug-likeness (QED) is 0.321. The number of alkyl halides is 2. The molecule has 2 aromatic rings. The first kappa shape index (κ1) is 29.1. The first-order valence-corrected chi connectivity index (χ1v) is 13.2. The Hall–Kier alpha value is -3.90. The number of hydrogen-bond donors (Lipinski definition) is 3. The van der Waals surface area contributed by atoms with Gasteiger partial charge in [0.05, 0.1) is 25.2 Å². The molecule has 2 atom stereocenters. The molecule has 0 saturated heterocycles. The Morgan fingerprint density at radius 3 is 2.42 bits per heavy atom. The van der Waals surface area contributed by atoms with Crippen LogP contribution >= 0.6 is 0 Å². The summed E-state index contributed by atoms with van der Waals surface area (Å²) in [5.41, 5.74) is 5.56. The van der Waals surface area contributed by atoms with E-state index >= 15 is 0 Å². The predicted molar refractivity (Wildman–Crippen MR) is 143 cm³/mol. The zero-order chi connectivity index (χ0) is 29.0. The summed E-state index contributed by atoms with van der Waals surface area (Å²) >= 11 is 0. The highest BCUT2D eigenvalue weighted by atomic mass is 19.3. The molecule has 0 aromatic carbocycles. The van der Waals surface area contributed by atoms with E-state index in [-0.39, 0.29) is 34.8 Å². The molecule has 4 rings (SSSR count). The van der Waals surface area contributed by atoms with Crippen molar-refractivity contribution in [2.45, 2.75) is 64.1 Å². The monoisotopic (exact) mass is 561 g/mol. The highest BCUT2D eigenvalue weighted by Crippen LogP contribution is 2.51. The van der Waals surface area contributed by atoms with Gasteiger partial charge in [0.15, 0.2) is 0 Å². The molecule has 0 radical (unpaired) electrons. The number of carbonyl (C=O) groups excluding carboxylic acids is 2. The number of methoxy groups -OCH3 is 1. The Morgan fingerprint density at radius 2 is 1.88 bits per heavy atom. The molecule has 4 N–H and O–H groups in total. The summed E-state index contributed by atoms with van der Waals surface area (Å²) in [4.78, 5) is 34.8. The summed E-state index contributed by atoms with van der Waals surface area (Å²) < 4.78 is 48.2. The summed E-state index contributed by atoms with van der Waals surface area (Å²) in [6.07, 6.45) is 6.79. The summed E-state index contributed by atoms with van der Waals surface area (Å²) in [5, 5.41) is 9.59. The molecule has 2 heterocycles. The Bertz CT molecular complexity index is 1260. The third-order valence-electron chi connectivity index (χ3n) is 6.92. The number of pyridine rings is 1. The van der Waals surface area contributed by atoms with Crippen LogP contribution in [-0.4, -0.2) is 57.9 Å². The van der Waals surface area contributed by atoms with Gasteiger partial charge in [0.25, 0.3) is 12.3 Å². The maximum absolute atomic E-state index is 14.2. The van der Waals surface area contributed by atoms with Crippen molar-refractivity contribution < 1.29 is 27.5 Å². The van der Waals surface area contributed by atoms with Gasteiger partial charge in [-0.3, -0.25) is 19.3 Å². The summed E-state index contributed by atoms with van der Waals surface area (Å²) in [7, 11) is 1.24. The van der Waals surface area contributed by atoms with E-state index in [1.54, 1.807) is 0 Å². The molecule has 0 aliphatic heterocycles. The molecule has 2 fully saturated rings. The van der Waals surface area contributed by atoms with Crippen molar-refractivity contribution in [2.75, 3.05) is 12.4 Å². The smallest absolute Gasteiger partial charge is 0.270 e. The average molecular weight is 562 g/mol. The van der Waals surface area contributed by atoms with Gasteiger partial charge in [-0.1, -0.05) is 0 Å². The molecule has 0 spiro atoms. The normalized spacial score (nSPS) is 17.5. The van der Waals surface area contributed by atoms with Gasteiger partial charge in [-0.2, -0.15) is 5.10 Å². The SMILES string of the molecule is COc1ncc(F)cc1C(C(F)F)n1cc(NC(=O)C(NC(=O)C(/C=C\N)=NC(C)C)C(C2CC2)C2CC2)cn1. The average Bonchev–Trinajstić information content (AvgIpc) is 3.83. The van der Waals surface area contributed by atoms with E-state index in [1.807, 2.05) is 13.8 Å². The Labute approximate surface area is 230 Å². The Balaban J connectivity index is 1.59. The van der Waals surface area contributed by atoms with Gasteiger partial charge in [-0.15, -0.1) is 0 Å². The number of nitrogens with two attached hydrogens (primary N) is 1. The van der Waals surface area contributed by atoms with Crippen LogP contribution in [0.1, 0.15) is 51.1 Å². The van der Waals surface area contributed by atoms with Crippen molar-refractivity contribution in [1.82, 2.24) is 20.1 Å². The summed E-state index contributed by atoms with van der Waals surface area (Å²) in [6, 6.07) is -1.86. The van der Waals surface area contributed by atoms with E-state index in [4.69, 9.17) is 10.5 Å².